The summed E-state index contributed by atoms with van der Waals surface area (Å²) in [5.74, 6) is 0. The average molecular weight is 155 g/mol. The first-order valence-corrected chi connectivity index (χ1v) is 3.47. The lowest BCUT2D eigenvalue weighted by atomic mass is 10.3. The zero-order valence-corrected chi connectivity index (χ0v) is 5.93. The lowest BCUT2D eigenvalue weighted by Gasteiger charge is -1.78. The van der Waals surface area contributed by atoms with E-state index >= 15 is 0 Å². The van der Waals surface area contributed by atoms with Crippen molar-refractivity contribution in [3.63, 3.8) is 0 Å². The maximum atomic E-state index is 10.1. The second kappa shape index (κ2) is 2.62. The molecule has 0 radical (unpaired) electrons. The monoisotopic (exact) mass is 155 g/mol. The summed E-state index contributed by atoms with van der Waals surface area (Å²) in [6.45, 7) is 3.49. The van der Waals surface area contributed by atoms with Gasteiger partial charge in [0.15, 0.2) is 0 Å². The summed E-state index contributed by atoms with van der Waals surface area (Å²) in [5.41, 5.74) is 0.803. The fraction of sp³-hybridized carbons (Fsp3) is 0. The lowest BCUT2D eigenvalue weighted by molar-refractivity contribution is -0.380. The Balaban J connectivity index is 2.98. The first kappa shape index (κ1) is 6.95. The van der Waals surface area contributed by atoms with Crippen LogP contribution in [0, 0.1) is 10.1 Å². The predicted molar refractivity (Wildman–Crippen MR) is 41.1 cm³/mol. The molecule has 0 saturated carbocycles. The highest BCUT2D eigenvalue weighted by Gasteiger charge is 2.06. The van der Waals surface area contributed by atoms with E-state index in [2.05, 4.69) is 6.58 Å². The molecule has 0 spiro atoms. The molecule has 3 nitrogen and oxygen atoms in total. The molecular formula is C6H5NO2S. The average Bonchev–Trinajstić information content (AvgIpc) is 2.34. The van der Waals surface area contributed by atoms with Crippen LogP contribution in [0.5, 0.6) is 0 Å². The summed E-state index contributed by atoms with van der Waals surface area (Å²) in [6.07, 6.45) is 1.59. The van der Waals surface area contributed by atoms with Crippen LogP contribution in [0.2, 0.25) is 0 Å². The highest BCUT2D eigenvalue weighted by atomic mass is 32.1. The van der Waals surface area contributed by atoms with E-state index in [0.717, 1.165) is 16.9 Å². The van der Waals surface area contributed by atoms with E-state index in [1.165, 1.54) is 6.07 Å². The van der Waals surface area contributed by atoms with Gasteiger partial charge in [-0.05, 0) is 5.56 Å². The number of nitro groups is 1. The van der Waals surface area contributed by atoms with Crippen molar-refractivity contribution in [2.75, 3.05) is 0 Å². The quantitative estimate of drug-likeness (QED) is 0.485. The molecule has 0 bridgehead atoms. The fourth-order valence-electron chi connectivity index (χ4n) is 0.542. The van der Waals surface area contributed by atoms with Gasteiger partial charge in [-0.15, -0.1) is 0 Å². The highest BCUT2D eigenvalue weighted by Crippen LogP contribution is 2.22. The lowest BCUT2D eigenvalue weighted by Crippen LogP contribution is -1.80. The third-order valence-electron chi connectivity index (χ3n) is 1.02. The molecule has 0 fully saturated rings. The van der Waals surface area contributed by atoms with Crippen LogP contribution in [0.3, 0.4) is 0 Å². The molecule has 0 aromatic carbocycles. The van der Waals surface area contributed by atoms with Crippen LogP contribution in [0.1, 0.15) is 5.56 Å². The maximum absolute atomic E-state index is 10.1. The number of nitrogens with zero attached hydrogens (tertiary/aromatic N) is 1. The molecule has 0 amide bonds. The molecule has 0 aliphatic heterocycles. The Bertz CT molecular complexity index is 266. The largest absolute Gasteiger partial charge is 0.324 e. The van der Waals surface area contributed by atoms with Gasteiger partial charge in [0.1, 0.15) is 0 Å². The molecule has 1 heterocycles. The molecule has 1 aromatic heterocycles. The Morgan fingerprint density at radius 2 is 2.50 bits per heavy atom. The van der Waals surface area contributed by atoms with Crippen molar-refractivity contribution in [3.05, 3.63) is 33.7 Å². The van der Waals surface area contributed by atoms with Crippen LogP contribution in [0.4, 0.5) is 5.00 Å². The molecule has 4 heteroatoms. The molecule has 0 unspecified atom stereocenters. The fourth-order valence-corrected chi connectivity index (χ4v) is 1.25. The molecule has 1 rings (SSSR count). The van der Waals surface area contributed by atoms with Gasteiger partial charge >= 0.3 is 5.00 Å². The van der Waals surface area contributed by atoms with E-state index in [-0.39, 0.29) is 5.00 Å². The van der Waals surface area contributed by atoms with Crippen LogP contribution in [0.15, 0.2) is 18.0 Å². The summed E-state index contributed by atoms with van der Waals surface area (Å²) >= 11 is 1.11. The highest BCUT2D eigenvalue weighted by molar-refractivity contribution is 7.13. The van der Waals surface area contributed by atoms with Crippen molar-refractivity contribution in [3.8, 4) is 0 Å². The van der Waals surface area contributed by atoms with Crippen molar-refractivity contribution < 1.29 is 4.92 Å². The van der Waals surface area contributed by atoms with Crippen molar-refractivity contribution in [2.45, 2.75) is 0 Å². The molecule has 0 aliphatic rings. The van der Waals surface area contributed by atoms with Gasteiger partial charge < -0.3 is 0 Å². The normalized spacial score (nSPS) is 9.20. The molecule has 10 heavy (non-hydrogen) atoms. The van der Waals surface area contributed by atoms with Gasteiger partial charge in [-0.2, -0.15) is 0 Å². The third kappa shape index (κ3) is 1.22. The van der Waals surface area contributed by atoms with E-state index in [4.69, 9.17) is 0 Å². The third-order valence-corrected chi connectivity index (χ3v) is 1.92. The van der Waals surface area contributed by atoms with E-state index < -0.39 is 4.92 Å². The predicted octanol–water partition coefficient (Wildman–Crippen LogP) is 2.30. The molecule has 0 saturated heterocycles. The summed E-state index contributed by atoms with van der Waals surface area (Å²) in [7, 11) is 0. The second-order valence-corrected chi connectivity index (χ2v) is 2.57. The minimum Gasteiger partial charge on any atom is -0.258 e. The van der Waals surface area contributed by atoms with E-state index in [0.29, 0.717) is 0 Å². The van der Waals surface area contributed by atoms with Gasteiger partial charge in [0, 0.05) is 11.4 Å². The second-order valence-electron chi connectivity index (χ2n) is 1.68. The Morgan fingerprint density at radius 3 is 2.80 bits per heavy atom. The summed E-state index contributed by atoms with van der Waals surface area (Å²) in [4.78, 5) is 9.71. The van der Waals surface area contributed by atoms with Gasteiger partial charge in [0.05, 0.1) is 4.92 Å². The van der Waals surface area contributed by atoms with Gasteiger partial charge in [0.25, 0.3) is 0 Å². The Labute approximate surface area is 61.8 Å². The van der Waals surface area contributed by atoms with Gasteiger partial charge in [-0.1, -0.05) is 24.0 Å². The van der Waals surface area contributed by atoms with Crippen LogP contribution in [-0.2, 0) is 0 Å². The van der Waals surface area contributed by atoms with Crippen molar-refractivity contribution in [2.24, 2.45) is 0 Å². The minimum absolute atomic E-state index is 0.162. The standard InChI is InChI=1S/C6H5NO2S/c1-2-5-3-6(7(8)9)10-4-5/h2-4H,1H2. The molecule has 52 valence electrons. The van der Waals surface area contributed by atoms with Crippen molar-refractivity contribution in [1.82, 2.24) is 0 Å². The minimum atomic E-state index is -0.405. The Hall–Kier alpha value is -1.16. The van der Waals surface area contributed by atoms with E-state index in [1.54, 1.807) is 11.5 Å². The molecule has 0 N–H and O–H groups in total. The SMILES string of the molecule is C=Cc1csc([N+](=O)[O-])c1. The van der Waals surface area contributed by atoms with Gasteiger partial charge in [-0.25, -0.2) is 0 Å². The Kier molecular flexibility index (Phi) is 1.82. The first-order chi connectivity index (χ1) is 4.74. The zero-order chi connectivity index (χ0) is 7.56. The van der Waals surface area contributed by atoms with Crippen LogP contribution < -0.4 is 0 Å². The van der Waals surface area contributed by atoms with E-state index in [9.17, 15) is 10.1 Å². The summed E-state index contributed by atoms with van der Waals surface area (Å²) in [5, 5.41) is 12.0. The molecule has 0 aliphatic carbocycles. The summed E-state index contributed by atoms with van der Waals surface area (Å²) < 4.78 is 0. The topological polar surface area (TPSA) is 43.1 Å². The zero-order valence-electron chi connectivity index (χ0n) is 5.11. The first-order valence-electron chi connectivity index (χ1n) is 2.59. The number of hydrogen-bond donors (Lipinski definition) is 0. The van der Waals surface area contributed by atoms with Crippen LogP contribution in [0.25, 0.3) is 6.08 Å². The molecular weight excluding hydrogens is 150 g/mol. The van der Waals surface area contributed by atoms with Gasteiger partial charge in [0.2, 0.25) is 0 Å². The van der Waals surface area contributed by atoms with E-state index in [1.807, 2.05) is 0 Å². The van der Waals surface area contributed by atoms with Crippen molar-refractivity contribution in [1.29, 1.82) is 0 Å². The summed E-state index contributed by atoms with van der Waals surface area (Å²) in [6, 6.07) is 1.50. The van der Waals surface area contributed by atoms with Crippen LogP contribution in [-0.4, -0.2) is 4.92 Å². The number of thiophene rings is 1. The number of hydrogen-bond acceptors (Lipinski definition) is 3. The Morgan fingerprint density at radius 1 is 1.80 bits per heavy atom. The smallest absolute Gasteiger partial charge is 0.258 e. The molecule has 0 atom stereocenters. The maximum Gasteiger partial charge on any atom is 0.324 e. The number of rotatable bonds is 2. The van der Waals surface area contributed by atoms with Crippen molar-refractivity contribution >= 4 is 22.4 Å². The molecule has 1 aromatic rings. The van der Waals surface area contributed by atoms with Gasteiger partial charge in [-0.3, -0.25) is 10.1 Å². The van der Waals surface area contributed by atoms with Crippen LogP contribution >= 0.6 is 11.3 Å².